The van der Waals surface area contributed by atoms with E-state index in [2.05, 4.69) is 20.8 Å². The SMILES string of the molecule is CCCCCC1C(C(=O)OC)C1(C)C. The van der Waals surface area contributed by atoms with Crippen molar-refractivity contribution in [2.75, 3.05) is 7.11 Å². The first kappa shape index (κ1) is 11.5. The molecule has 1 aliphatic rings. The third kappa shape index (κ3) is 2.10. The zero-order valence-corrected chi connectivity index (χ0v) is 9.80. The second-order valence-corrected chi connectivity index (χ2v) is 4.92. The first-order valence-electron chi connectivity index (χ1n) is 5.63. The van der Waals surface area contributed by atoms with Gasteiger partial charge in [-0.3, -0.25) is 4.79 Å². The molecule has 2 heteroatoms. The summed E-state index contributed by atoms with van der Waals surface area (Å²) in [4.78, 5) is 11.4. The Labute approximate surface area is 87.0 Å². The zero-order valence-electron chi connectivity index (χ0n) is 9.80. The number of hydrogen-bond acceptors (Lipinski definition) is 2. The average molecular weight is 198 g/mol. The van der Waals surface area contributed by atoms with E-state index in [1.807, 2.05) is 0 Å². The van der Waals surface area contributed by atoms with E-state index >= 15 is 0 Å². The molecule has 2 unspecified atom stereocenters. The largest absolute Gasteiger partial charge is 0.469 e. The molecule has 0 heterocycles. The van der Waals surface area contributed by atoms with Gasteiger partial charge in [-0.15, -0.1) is 0 Å². The molecule has 0 radical (unpaired) electrons. The van der Waals surface area contributed by atoms with Crippen LogP contribution in [0.1, 0.15) is 46.5 Å². The van der Waals surface area contributed by atoms with Crippen molar-refractivity contribution in [2.24, 2.45) is 17.3 Å². The maximum Gasteiger partial charge on any atom is 0.309 e. The Morgan fingerprint density at radius 2 is 2.00 bits per heavy atom. The number of methoxy groups -OCH3 is 1. The Bertz CT molecular complexity index is 208. The van der Waals surface area contributed by atoms with Crippen molar-refractivity contribution in [1.82, 2.24) is 0 Å². The van der Waals surface area contributed by atoms with Crippen LogP contribution >= 0.6 is 0 Å². The van der Waals surface area contributed by atoms with Crippen LogP contribution in [0, 0.1) is 17.3 Å². The summed E-state index contributed by atoms with van der Waals surface area (Å²) >= 11 is 0. The van der Waals surface area contributed by atoms with Crippen LogP contribution in [-0.4, -0.2) is 13.1 Å². The lowest BCUT2D eigenvalue weighted by Gasteiger charge is -2.00. The second-order valence-electron chi connectivity index (χ2n) is 4.92. The van der Waals surface area contributed by atoms with Crippen molar-refractivity contribution in [3.05, 3.63) is 0 Å². The molecule has 1 rings (SSSR count). The molecule has 0 aliphatic heterocycles. The maximum atomic E-state index is 11.4. The van der Waals surface area contributed by atoms with Crippen molar-refractivity contribution < 1.29 is 9.53 Å². The van der Waals surface area contributed by atoms with E-state index in [0.29, 0.717) is 5.92 Å². The van der Waals surface area contributed by atoms with E-state index in [4.69, 9.17) is 4.74 Å². The molecule has 1 saturated carbocycles. The van der Waals surface area contributed by atoms with Gasteiger partial charge in [0.1, 0.15) is 0 Å². The van der Waals surface area contributed by atoms with Crippen LogP contribution in [0.2, 0.25) is 0 Å². The number of ether oxygens (including phenoxy) is 1. The van der Waals surface area contributed by atoms with Gasteiger partial charge in [-0.1, -0.05) is 40.0 Å². The predicted molar refractivity (Wildman–Crippen MR) is 56.9 cm³/mol. The highest BCUT2D eigenvalue weighted by molar-refractivity contribution is 5.77. The van der Waals surface area contributed by atoms with Crippen LogP contribution in [0.25, 0.3) is 0 Å². The van der Waals surface area contributed by atoms with Crippen molar-refractivity contribution >= 4 is 5.97 Å². The van der Waals surface area contributed by atoms with Crippen molar-refractivity contribution in [3.63, 3.8) is 0 Å². The molecule has 0 spiro atoms. The Hall–Kier alpha value is -0.530. The molecule has 1 aliphatic carbocycles. The first-order valence-corrected chi connectivity index (χ1v) is 5.63. The first-order chi connectivity index (χ1) is 6.55. The van der Waals surface area contributed by atoms with Gasteiger partial charge in [-0.05, 0) is 17.8 Å². The topological polar surface area (TPSA) is 26.3 Å². The highest BCUT2D eigenvalue weighted by Gasteiger charge is 2.61. The summed E-state index contributed by atoms with van der Waals surface area (Å²) in [5.74, 6) is 0.697. The summed E-state index contributed by atoms with van der Waals surface area (Å²) in [7, 11) is 1.49. The minimum atomic E-state index is -0.0171. The van der Waals surface area contributed by atoms with Crippen LogP contribution in [0.4, 0.5) is 0 Å². The lowest BCUT2D eigenvalue weighted by atomic mass is 10.0. The van der Waals surface area contributed by atoms with E-state index in [0.717, 1.165) is 0 Å². The van der Waals surface area contributed by atoms with Crippen LogP contribution in [0.15, 0.2) is 0 Å². The number of carbonyl (C=O) groups excluding carboxylic acids is 1. The fourth-order valence-corrected chi connectivity index (χ4v) is 2.49. The van der Waals surface area contributed by atoms with Crippen molar-refractivity contribution in [2.45, 2.75) is 46.5 Å². The van der Waals surface area contributed by atoms with Crippen LogP contribution < -0.4 is 0 Å². The van der Waals surface area contributed by atoms with Crippen molar-refractivity contribution in [1.29, 1.82) is 0 Å². The molecule has 2 nitrogen and oxygen atoms in total. The summed E-state index contributed by atoms with van der Waals surface area (Å²) in [6.45, 7) is 6.55. The monoisotopic (exact) mass is 198 g/mol. The zero-order chi connectivity index (χ0) is 10.8. The van der Waals surface area contributed by atoms with Gasteiger partial charge < -0.3 is 4.74 Å². The second kappa shape index (κ2) is 4.33. The summed E-state index contributed by atoms with van der Waals surface area (Å²) in [6, 6.07) is 0. The van der Waals surface area contributed by atoms with E-state index in [9.17, 15) is 4.79 Å². The molecule has 1 fully saturated rings. The van der Waals surface area contributed by atoms with E-state index < -0.39 is 0 Å². The Morgan fingerprint density at radius 1 is 1.36 bits per heavy atom. The van der Waals surface area contributed by atoms with E-state index in [1.165, 1.54) is 32.8 Å². The molecule has 0 bridgehead atoms. The van der Waals surface area contributed by atoms with Gasteiger partial charge in [-0.2, -0.15) is 0 Å². The molecule has 14 heavy (non-hydrogen) atoms. The molecule has 0 aromatic heterocycles. The molecule has 82 valence electrons. The maximum absolute atomic E-state index is 11.4. The summed E-state index contributed by atoms with van der Waals surface area (Å²) in [6.07, 6.45) is 4.95. The van der Waals surface area contributed by atoms with Crippen molar-refractivity contribution in [3.8, 4) is 0 Å². The van der Waals surface area contributed by atoms with Crippen LogP contribution in [0.3, 0.4) is 0 Å². The smallest absolute Gasteiger partial charge is 0.309 e. The quantitative estimate of drug-likeness (QED) is 0.501. The molecule has 0 aromatic carbocycles. The van der Waals surface area contributed by atoms with Crippen LogP contribution in [-0.2, 0) is 9.53 Å². The molecular formula is C12H22O2. The standard InChI is InChI=1S/C12H22O2/c1-5-6-7-8-9-10(11(13)14-4)12(9,2)3/h9-10H,5-8H2,1-4H3. The Kier molecular flexibility index (Phi) is 3.57. The van der Waals surface area contributed by atoms with E-state index in [-0.39, 0.29) is 17.3 Å². The average Bonchev–Trinajstić information content (AvgIpc) is 2.68. The molecule has 0 N–H and O–H groups in total. The Balaban J connectivity index is 2.37. The molecule has 2 atom stereocenters. The normalized spacial score (nSPS) is 28.6. The number of unbranched alkanes of at least 4 members (excludes halogenated alkanes) is 2. The highest BCUT2D eigenvalue weighted by Crippen LogP contribution is 2.60. The lowest BCUT2D eigenvalue weighted by molar-refractivity contribution is -0.143. The fourth-order valence-electron chi connectivity index (χ4n) is 2.49. The number of carbonyl (C=O) groups is 1. The van der Waals surface area contributed by atoms with Gasteiger partial charge in [0.05, 0.1) is 13.0 Å². The third-order valence-electron chi connectivity index (χ3n) is 3.62. The minimum Gasteiger partial charge on any atom is -0.469 e. The number of hydrogen-bond donors (Lipinski definition) is 0. The lowest BCUT2D eigenvalue weighted by Crippen LogP contribution is -2.07. The van der Waals surface area contributed by atoms with Gasteiger partial charge in [0.2, 0.25) is 0 Å². The Morgan fingerprint density at radius 3 is 2.50 bits per heavy atom. The van der Waals surface area contributed by atoms with Gasteiger partial charge in [-0.25, -0.2) is 0 Å². The molecular weight excluding hydrogens is 176 g/mol. The molecule has 0 amide bonds. The van der Waals surface area contributed by atoms with Crippen LogP contribution in [0.5, 0.6) is 0 Å². The summed E-state index contributed by atoms with van der Waals surface area (Å²) < 4.78 is 4.81. The molecule has 0 saturated heterocycles. The fraction of sp³-hybridized carbons (Fsp3) is 0.917. The van der Waals surface area contributed by atoms with E-state index in [1.54, 1.807) is 0 Å². The van der Waals surface area contributed by atoms with Gasteiger partial charge >= 0.3 is 5.97 Å². The predicted octanol–water partition coefficient (Wildman–Crippen LogP) is 3.01. The minimum absolute atomic E-state index is 0.0171. The van der Waals surface area contributed by atoms with Gasteiger partial charge in [0, 0.05) is 0 Å². The highest BCUT2D eigenvalue weighted by atomic mass is 16.5. The third-order valence-corrected chi connectivity index (χ3v) is 3.62. The number of esters is 1. The molecule has 0 aromatic rings. The summed E-state index contributed by atoms with van der Waals surface area (Å²) in [5, 5.41) is 0. The number of rotatable bonds is 5. The van der Waals surface area contributed by atoms with Gasteiger partial charge in [0.15, 0.2) is 0 Å². The summed E-state index contributed by atoms with van der Waals surface area (Å²) in [5.41, 5.74) is 0.181. The van der Waals surface area contributed by atoms with Gasteiger partial charge in [0.25, 0.3) is 0 Å².